The van der Waals surface area contributed by atoms with Crippen molar-refractivity contribution in [3.8, 4) is 0 Å². The van der Waals surface area contributed by atoms with Crippen molar-refractivity contribution in [3.63, 3.8) is 0 Å². The van der Waals surface area contributed by atoms with Crippen LogP contribution in [0, 0.1) is 5.41 Å². The van der Waals surface area contributed by atoms with Gasteiger partial charge in [-0.15, -0.1) is 11.6 Å². The van der Waals surface area contributed by atoms with Gasteiger partial charge in [0, 0.05) is 24.0 Å². The molecule has 0 aromatic carbocycles. The van der Waals surface area contributed by atoms with E-state index in [0.717, 1.165) is 25.1 Å². The van der Waals surface area contributed by atoms with Gasteiger partial charge in [-0.2, -0.15) is 13.2 Å². The maximum atomic E-state index is 12.4. The lowest BCUT2D eigenvalue weighted by Crippen LogP contribution is -2.19. The summed E-state index contributed by atoms with van der Waals surface area (Å²) in [6, 6.07) is 0.847. The van der Waals surface area contributed by atoms with E-state index in [-0.39, 0.29) is 11.4 Å². The highest BCUT2D eigenvalue weighted by molar-refractivity contribution is 6.18. The molecule has 1 fully saturated rings. The number of hydrogen-bond donors (Lipinski definition) is 1. The summed E-state index contributed by atoms with van der Waals surface area (Å²) in [5.41, 5.74) is -0.926. The number of anilines is 1. The standard InChI is InChI=1S/C10H11ClF3N3/c11-5-9(2-3-9)6-16-8-15-4-1-7(17-8)10(12,13)14/h1,4H,2-3,5-6H2,(H,15,16,17). The third kappa shape index (κ3) is 3.00. The van der Waals surface area contributed by atoms with Crippen molar-refractivity contribution in [1.82, 2.24) is 9.97 Å². The molecule has 0 amide bonds. The summed E-state index contributed by atoms with van der Waals surface area (Å²) in [7, 11) is 0. The third-order valence-electron chi connectivity index (χ3n) is 2.81. The number of nitrogens with one attached hydrogen (secondary N) is 1. The van der Waals surface area contributed by atoms with E-state index in [9.17, 15) is 13.2 Å². The Kier molecular flexibility index (Phi) is 3.16. The van der Waals surface area contributed by atoms with Crippen LogP contribution in [-0.4, -0.2) is 22.4 Å². The summed E-state index contributed by atoms with van der Waals surface area (Å²) in [4.78, 5) is 7.17. The van der Waals surface area contributed by atoms with E-state index in [1.807, 2.05) is 0 Å². The van der Waals surface area contributed by atoms with Gasteiger partial charge in [0.2, 0.25) is 5.95 Å². The minimum atomic E-state index is -4.44. The molecule has 0 aliphatic heterocycles. The number of nitrogens with zero attached hydrogens (tertiary/aromatic N) is 2. The van der Waals surface area contributed by atoms with Crippen molar-refractivity contribution in [2.24, 2.45) is 5.41 Å². The predicted octanol–water partition coefficient (Wildman–Crippen LogP) is 2.93. The highest BCUT2D eigenvalue weighted by Gasteiger charge is 2.41. The molecule has 1 N–H and O–H groups in total. The van der Waals surface area contributed by atoms with Gasteiger partial charge in [-0.3, -0.25) is 0 Å². The summed E-state index contributed by atoms with van der Waals surface area (Å²) in [5.74, 6) is 0.495. The van der Waals surface area contributed by atoms with Crippen LogP contribution in [-0.2, 0) is 6.18 Å². The molecule has 0 bridgehead atoms. The summed E-state index contributed by atoms with van der Waals surface area (Å²) < 4.78 is 37.1. The second kappa shape index (κ2) is 4.33. The number of halogens is 4. The van der Waals surface area contributed by atoms with Gasteiger partial charge in [-0.1, -0.05) is 0 Å². The van der Waals surface area contributed by atoms with E-state index in [1.165, 1.54) is 0 Å². The second-order valence-electron chi connectivity index (χ2n) is 4.25. The Morgan fingerprint density at radius 2 is 2.12 bits per heavy atom. The Balaban J connectivity index is 2.02. The number of hydrogen-bond acceptors (Lipinski definition) is 3. The lowest BCUT2D eigenvalue weighted by atomic mass is 10.1. The van der Waals surface area contributed by atoms with Crippen LogP contribution < -0.4 is 5.32 Å². The van der Waals surface area contributed by atoms with Crippen LogP contribution in [0.5, 0.6) is 0 Å². The van der Waals surface area contributed by atoms with Crippen molar-refractivity contribution < 1.29 is 13.2 Å². The van der Waals surface area contributed by atoms with Crippen LogP contribution in [0.3, 0.4) is 0 Å². The highest BCUT2D eigenvalue weighted by atomic mass is 35.5. The lowest BCUT2D eigenvalue weighted by molar-refractivity contribution is -0.141. The highest BCUT2D eigenvalue weighted by Crippen LogP contribution is 2.46. The SMILES string of the molecule is FC(F)(F)c1ccnc(NCC2(CCl)CC2)n1. The molecule has 1 aliphatic rings. The zero-order valence-electron chi connectivity index (χ0n) is 8.89. The average molecular weight is 266 g/mol. The molecule has 1 heterocycles. The molecule has 17 heavy (non-hydrogen) atoms. The first-order valence-corrected chi connectivity index (χ1v) is 5.69. The van der Waals surface area contributed by atoms with Crippen LogP contribution in [0.25, 0.3) is 0 Å². The summed E-state index contributed by atoms with van der Waals surface area (Å²) in [6.45, 7) is 0.512. The van der Waals surface area contributed by atoms with Crippen LogP contribution in [0.15, 0.2) is 12.3 Å². The summed E-state index contributed by atoms with van der Waals surface area (Å²) in [6.07, 6.45) is -1.37. The zero-order valence-corrected chi connectivity index (χ0v) is 9.65. The van der Waals surface area contributed by atoms with E-state index in [1.54, 1.807) is 0 Å². The molecular formula is C10H11ClF3N3. The average Bonchev–Trinajstić information content (AvgIpc) is 3.06. The monoisotopic (exact) mass is 265 g/mol. The van der Waals surface area contributed by atoms with Crippen LogP contribution in [0.2, 0.25) is 0 Å². The Morgan fingerprint density at radius 3 is 2.65 bits per heavy atom. The first-order valence-electron chi connectivity index (χ1n) is 5.15. The molecule has 2 rings (SSSR count). The fourth-order valence-corrected chi connectivity index (χ4v) is 1.76. The normalized spacial score (nSPS) is 17.9. The van der Waals surface area contributed by atoms with E-state index >= 15 is 0 Å². The van der Waals surface area contributed by atoms with Gasteiger partial charge in [0.05, 0.1) is 0 Å². The Morgan fingerprint density at radius 1 is 1.41 bits per heavy atom. The summed E-state index contributed by atoms with van der Waals surface area (Å²) in [5, 5.41) is 2.80. The Hall–Kier alpha value is -1.04. The van der Waals surface area contributed by atoms with Gasteiger partial charge in [-0.05, 0) is 18.9 Å². The van der Waals surface area contributed by atoms with Gasteiger partial charge in [0.25, 0.3) is 0 Å². The largest absolute Gasteiger partial charge is 0.433 e. The molecule has 0 unspecified atom stereocenters. The first kappa shape index (κ1) is 12.4. The zero-order chi connectivity index (χ0) is 12.5. The maximum Gasteiger partial charge on any atom is 0.433 e. The number of aromatic nitrogens is 2. The third-order valence-corrected chi connectivity index (χ3v) is 3.38. The second-order valence-corrected chi connectivity index (χ2v) is 4.52. The fraction of sp³-hybridized carbons (Fsp3) is 0.600. The number of rotatable bonds is 4. The first-order chi connectivity index (χ1) is 7.95. The molecule has 1 aliphatic carbocycles. The van der Waals surface area contributed by atoms with Crippen molar-refractivity contribution in [2.75, 3.05) is 17.7 Å². The van der Waals surface area contributed by atoms with E-state index in [2.05, 4.69) is 15.3 Å². The van der Waals surface area contributed by atoms with Gasteiger partial charge in [-0.25, -0.2) is 9.97 Å². The van der Waals surface area contributed by atoms with Gasteiger partial charge in [0.1, 0.15) is 5.69 Å². The topological polar surface area (TPSA) is 37.8 Å². The minimum absolute atomic E-state index is 0.00350. The fourth-order valence-electron chi connectivity index (χ4n) is 1.40. The molecule has 94 valence electrons. The Labute approximate surface area is 101 Å². The molecule has 0 saturated heterocycles. The lowest BCUT2D eigenvalue weighted by Gasteiger charge is -2.13. The molecule has 0 radical (unpaired) electrons. The van der Waals surface area contributed by atoms with Crippen molar-refractivity contribution >= 4 is 17.5 Å². The van der Waals surface area contributed by atoms with E-state index < -0.39 is 11.9 Å². The smallest absolute Gasteiger partial charge is 0.354 e. The Bertz CT molecular complexity index is 404. The van der Waals surface area contributed by atoms with Gasteiger partial charge in [0.15, 0.2) is 0 Å². The van der Waals surface area contributed by atoms with Gasteiger partial charge < -0.3 is 5.32 Å². The van der Waals surface area contributed by atoms with Gasteiger partial charge >= 0.3 is 6.18 Å². The number of alkyl halides is 4. The molecule has 1 aromatic heterocycles. The van der Waals surface area contributed by atoms with Crippen molar-refractivity contribution in [2.45, 2.75) is 19.0 Å². The molecule has 0 spiro atoms. The summed E-state index contributed by atoms with van der Waals surface area (Å²) >= 11 is 5.76. The maximum absolute atomic E-state index is 12.4. The molecule has 3 nitrogen and oxygen atoms in total. The molecule has 1 saturated carbocycles. The van der Waals surface area contributed by atoms with Crippen LogP contribution in [0.1, 0.15) is 18.5 Å². The molecular weight excluding hydrogens is 255 g/mol. The quantitative estimate of drug-likeness (QED) is 0.851. The van der Waals surface area contributed by atoms with Crippen molar-refractivity contribution in [1.29, 1.82) is 0 Å². The van der Waals surface area contributed by atoms with E-state index in [0.29, 0.717) is 12.4 Å². The van der Waals surface area contributed by atoms with Crippen molar-refractivity contribution in [3.05, 3.63) is 18.0 Å². The molecule has 7 heteroatoms. The van der Waals surface area contributed by atoms with Crippen LogP contribution in [0.4, 0.5) is 19.1 Å². The minimum Gasteiger partial charge on any atom is -0.354 e. The van der Waals surface area contributed by atoms with E-state index in [4.69, 9.17) is 11.6 Å². The molecule has 0 atom stereocenters. The molecule has 1 aromatic rings. The predicted molar refractivity (Wildman–Crippen MR) is 57.9 cm³/mol. The van der Waals surface area contributed by atoms with Crippen LogP contribution >= 0.6 is 11.6 Å².